The first-order valence-corrected chi connectivity index (χ1v) is 6.59. The monoisotopic (exact) mass is 292 g/mol. The summed E-state index contributed by atoms with van der Waals surface area (Å²) in [4.78, 5) is 23.3. The minimum Gasteiger partial charge on any atom is -0.481 e. The molecule has 1 aromatic rings. The second kappa shape index (κ2) is 6.88. The smallest absolute Gasteiger partial charge is 0.308 e. The topological polar surface area (TPSA) is 83.7 Å². The first-order valence-electron chi connectivity index (χ1n) is 6.59. The fourth-order valence-electron chi connectivity index (χ4n) is 2.03. The Labute approximate surface area is 123 Å². The van der Waals surface area contributed by atoms with Crippen LogP contribution in [0.1, 0.15) is 19.4 Å². The number of anilines is 1. The number of nitro benzene ring substituents is 1. The number of benzene rings is 1. The number of carboxylic acid groups (broad SMARTS) is 1. The molecule has 0 spiro atoms. The normalized spacial score (nSPS) is 11.8. The lowest BCUT2D eigenvalue weighted by atomic mass is 10.1. The lowest BCUT2D eigenvalue weighted by Crippen LogP contribution is -2.33. The number of rotatable bonds is 7. The summed E-state index contributed by atoms with van der Waals surface area (Å²) in [6.07, 6.45) is 0. The van der Waals surface area contributed by atoms with Gasteiger partial charge < -0.3 is 10.0 Å². The Balaban J connectivity index is 3.18. The number of carbonyl (C=O) groups is 1. The molecular formula is C15H20N2O4. The van der Waals surface area contributed by atoms with Crippen molar-refractivity contribution in [1.82, 2.24) is 0 Å². The summed E-state index contributed by atoms with van der Waals surface area (Å²) in [5.41, 5.74) is 2.38. The number of carboxylic acids is 1. The van der Waals surface area contributed by atoms with Gasteiger partial charge in [-0.3, -0.25) is 14.9 Å². The van der Waals surface area contributed by atoms with E-state index in [-0.39, 0.29) is 12.2 Å². The van der Waals surface area contributed by atoms with Crippen LogP contribution in [-0.2, 0) is 4.79 Å². The highest BCUT2D eigenvalue weighted by Gasteiger charge is 2.20. The maximum absolute atomic E-state index is 11.1. The van der Waals surface area contributed by atoms with Crippen molar-refractivity contribution < 1.29 is 14.8 Å². The highest BCUT2D eigenvalue weighted by Crippen LogP contribution is 2.27. The highest BCUT2D eigenvalue weighted by atomic mass is 16.6. The van der Waals surface area contributed by atoms with E-state index in [1.165, 1.54) is 12.1 Å². The quantitative estimate of drug-likeness (QED) is 0.474. The van der Waals surface area contributed by atoms with E-state index in [0.717, 1.165) is 11.1 Å². The van der Waals surface area contributed by atoms with Crippen molar-refractivity contribution in [3.8, 4) is 0 Å². The minimum atomic E-state index is -0.898. The molecule has 0 bridgehead atoms. The summed E-state index contributed by atoms with van der Waals surface area (Å²) in [6.45, 7) is 9.86. The number of aryl methyl sites for hydroxylation is 1. The van der Waals surface area contributed by atoms with Gasteiger partial charge in [0, 0.05) is 30.9 Å². The molecule has 0 aliphatic heterocycles. The van der Waals surface area contributed by atoms with E-state index >= 15 is 0 Å². The lowest BCUT2D eigenvalue weighted by molar-refractivity contribution is -0.384. The fourth-order valence-corrected chi connectivity index (χ4v) is 2.03. The van der Waals surface area contributed by atoms with Gasteiger partial charge in [0.25, 0.3) is 5.69 Å². The molecule has 21 heavy (non-hydrogen) atoms. The Morgan fingerprint density at radius 2 is 2.14 bits per heavy atom. The molecule has 0 heterocycles. The van der Waals surface area contributed by atoms with Gasteiger partial charge in [-0.25, -0.2) is 0 Å². The van der Waals surface area contributed by atoms with Crippen LogP contribution in [0.3, 0.4) is 0 Å². The molecule has 1 N–H and O–H groups in total. The third-order valence-electron chi connectivity index (χ3n) is 3.12. The second-order valence-corrected chi connectivity index (χ2v) is 5.30. The van der Waals surface area contributed by atoms with E-state index in [4.69, 9.17) is 5.11 Å². The third-order valence-corrected chi connectivity index (χ3v) is 3.12. The van der Waals surface area contributed by atoms with E-state index in [9.17, 15) is 14.9 Å². The Morgan fingerprint density at radius 1 is 1.52 bits per heavy atom. The van der Waals surface area contributed by atoms with Crippen LogP contribution < -0.4 is 4.90 Å². The van der Waals surface area contributed by atoms with Gasteiger partial charge >= 0.3 is 5.97 Å². The number of hydrogen-bond acceptors (Lipinski definition) is 4. The number of non-ortho nitro benzene ring substituents is 1. The predicted molar refractivity (Wildman–Crippen MR) is 81.7 cm³/mol. The molecule has 1 aromatic carbocycles. The van der Waals surface area contributed by atoms with E-state index in [0.29, 0.717) is 12.2 Å². The summed E-state index contributed by atoms with van der Waals surface area (Å²) in [5.74, 6) is -1.48. The van der Waals surface area contributed by atoms with E-state index < -0.39 is 16.8 Å². The molecule has 0 radical (unpaired) electrons. The zero-order chi connectivity index (χ0) is 16.2. The van der Waals surface area contributed by atoms with Crippen molar-refractivity contribution in [3.63, 3.8) is 0 Å². The van der Waals surface area contributed by atoms with Gasteiger partial charge in [-0.05, 0) is 19.4 Å². The summed E-state index contributed by atoms with van der Waals surface area (Å²) in [5, 5.41) is 20.0. The molecule has 0 saturated carbocycles. The molecular weight excluding hydrogens is 272 g/mol. The summed E-state index contributed by atoms with van der Waals surface area (Å²) < 4.78 is 0. The van der Waals surface area contributed by atoms with E-state index in [1.54, 1.807) is 13.0 Å². The van der Waals surface area contributed by atoms with Crippen LogP contribution >= 0.6 is 0 Å². The summed E-state index contributed by atoms with van der Waals surface area (Å²) in [7, 11) is 0. The van der Waals surface area contributed by atoms with Crippen molar-refractivity contribution in [2.75, 3.05) is 18.0 Å². The average Bonchev–Trinajstić information content (AvgIpc) is 2.37. The van der Waals surface area contributed by atoms with Gasteiger partial charge in [0.1, 0.15) is 0 Å². The Kier molecular flexibility index (Phi) is 5.46. The van der Waals surface area contributed by atoms with Crippen LogP contribution in [0.25, 0.3) is 0 Å². The van der Waals surface area contributed by atoms with Crippen LogP contribution in [0, 0.1) is 23.0 Å². The SMILES string of the molecule is C=C(C)CN(CC(C)C(=O)O)c1cc([N+](=O)[O-])ccc1C. The summed E-state index contributed by atoms with van der Waals surface area (Å²) >= 11 is 0. The molecule has 114 valence electrons. The molecule has 6 heteroatoms. The van der Waals surface area contributed by atoms with Gasteiger partial charge in [0.2, 0.25) is 0 Å². The highest BCUT2D eigenvalue weighted by molar-refractivity contribution is 5.71. The van der Waals surface area contributed by atoms with Gasteiger partial charge in [-0.1, -0.05) is 25.1 Å². The second-order valence-electron chi connectivity index (χ2n) is 5.30. The maximum atomic E-state index is 11.1. The molecule has 6 nitrogen and oxygen atoms in total. The van der Waals surface area contributed by atoms with E-state index in [2.05, 4.69) is 6.58 Å². The number of aliphatic carboxylic acids is 1. The molecule has 1 unspecified atom stereocenters. The van der Waals surface area contributed by atoms with Crippen molar-refractivity contribution in [2.45, 2.75) is 20.8 Å². The Bertz CT molecular complexity index is 569. The van der Waals surface area contributed by atoms with Crippen LogP contribution in [0.15, 0.2) is 30.4 Å². The van der Waals surface area contributed by atoms with Crippen LogP contribution in [0.4, 0.5) is 11.4 Å². The average molecular weight is 292 g/mol. The number of hydrogen-bond donors (Lipinski definition) is 1. The first kappa shape index (κ1) is 16.7. The Hall–Kier alpha value is -2.37. The molecule has 0 aliphatic carbocycles. The Morgan fingerprint density at radius 3 is 2.62 bits per heavy atom. The third kappa shape index (κ3) is 4.59. The van der Waals surface area contributed by atoms with E-state index in [1.807, 2.05) is 18.7 Å². The van der Waals surface area contributed by atoms with Gasteiger partial charge in [0.15, 0.2) is 0 Å². The zero-order valence-electron chi connectivity index (χ0n) is 12.5. The molecule has 0 fully saturated rings. The molecule has 1 atom stereocenters. The number of nitrogens with zero attached hydrogens (tertiary/aromatic N) is 2. The van der Waals surface area contributed by atoms with Crippen LogP contribution in [-0.4, -0.2) is 29.1 Å². The lowest BCUT2D eigenvalue weighted by Gasteiger charge is -2.28. The van der Waals surface area contributed by atoms with Crippen molar-refractivity contribution >= 4 is 17.3 Å². The molecule has 0 aromatic heterocycles. The predicted octanol–water partition coefficient (Wildman–Crippen LogP) is 3.01. The van der Waals surface area contributed by atoms with Crippen molar-refractivity contribution in [3.05, 3.63) is 46.0 Å². The van der Waals surface area contributed by atoms with Gasteiger partial charge in [-0.2, -0.15) is 0 Å². The zero-order valence-corrected chi connectivity index (χ0v) is 12.5. The van der Waals surface area contributed by atoms with Crippen molar-refractivity contribution in [1.29, 1.82) is 0 Å². The first-order chi connectivity index (χ1) is 9.72. The van der Waals surface area contributed by atoms with Crippen molar-refractivity contribution in [2.24, 2.45) is 5.92 Å². The molecule has 0 saturated heterocycles. The maximum Gasteiger partial charge on any atom is 0.308 e. The minimum absolute atomic E-state index is 0.00899. The molecule has 0 amide bonds. The van der Waals surface area contributed by atoms with Crippen LogP contribution in [0.2, 0.25) is 0 Å². The molecule has 0 aliphatic rings. The standard InChI is InChI=1S/C15H20N2O4/c1-10(2)8-16(9-12(4)15(18)19)14-7-13(17(20)21)6-5-11(14)3/h5-7,12H,1,8-9H2,2-4H3,(H,18,19). The molecule has 1 rings (SSSR count). The van der Waals surface area contributed by atoms with Gasteiger partial charge in [0.05, 0.1) is 10.8 Å². The summed E-state index contributed by atoms with van der Waals surface area (Å²) in [6, 6.07) is 4.59. The van der Waals surface area contributed by atoms with Gasteiger partial charge in [-0.15, -0.1) is 0 Å². The fraction of sp³-hybridized carbons (Fsp3) is 0.400. The number of nitro groups is 1. The largest absolute Gasteiger partial charge is 0.481 e. The van der Waals surface area contributed by atoms with Crippen LogP contribution in [0.5, 0.6) is 0 Å².